The Labute approximate surface area is 182 Å². The molecule has 1 aromatic heterocycles. The monoisotopic (exact) mass is 420 g/mol. The van der Waals surface area contributed by atoms with Gasteiger partial charge in [-0.05, 0) is 73.7 Å². The third-order valence-corrected chi connectivity index (χ3v) is 5.40. The number of nitrogens with two attached hydrogens (primary N) is 1. The lowest BCUT2D eigenvalue weighted by atomic mass is 10.1. The molecule has 0 spiro atoms. The summed E-state index contributed by atoms with van der Waals surface area (Å²) in [6.45, 7) is 6.75. The molecule has 1 heterocycles. The lowest BCUT2D eigenvalue weighted by molar-refractivity contribution is 0.0503. The molecule has 0 aliphatic heterocycles. The van der Waals surface area contributed by atoms with Crippen molar-refractivity contribution >= 4 is 5.97 Å². The van der Waals surface area contributed by atoms with E-state index in [4.69, 9.17) is 10.6 Å². The van der Waals surface area contributed by atoms with Crippen molar-refractivity contribution in [3.05, 3.63) is 98.5 Å². The van der Waals surface area contributed by atoms with E-state index < -0.39 is 5.97 Å². The molecule has 0 aliphatic carbocycles. The molecule has 162 valence electrons. The van der Waals surface area contributed by atoms with Gasteiger partial charge in [-0.3, -0.25) is 4.79 Å². The zero-order valence-electron chi connectivity index (χ0n) is 18.2. The van der Waals surface area contributed by atoms with Crippen LogP contribution in [0.2, 0.25) is 0 Å². The van der Waals surface area contributed by atoms with E-state index in [9.17, 15) is 9.59 Å². The standard InChI is InChI=1S/C25H28N2O4/c1-4-19-6-5-7-22(15-19)30-16-23-17(2)14-18(3)24(28)27(23)13-12-20-8-10-21(11-9-20)25(29)31-26/h5-11,14-15H,4,12-13,16,26H2,1-3H3. The molecule has 2 aromatic carbocycles. The molecule has 0 saturated carbocycles. The van der Waals surface area contributed by atoms with Crippen molar-refractivity contribution in [3.8, 4) is 5.75 Å². The summed E-state index contributed by atoms with van der Waals surface area (Å²) < 4.78 is 7.82. The minimum atomic E-state index is -0.580. The lowest BCUT2D eigenvalue weighted by Crippen LogP contribution is -2.28. The van der Waals surface area contributed by atoms with Crippen molar-refractivity contribution in [3.63, 3.8) is 0 Å². The first-order chi connectivity index (χ1) is 14.9. The van der Waals surface area contributed by atoms with E-state index in [2.05, 4.69) is 17.8 Å². The fourth-order valence-corrected chi connectivity index (χ4v) is 3.57. The Bertz CT molecular complexity index is 1120. The van der Waals surface area contributed by atoms with Crippen LogP contribution in [0.1, 0.15) is 45.2 Å². The minimum absolute atomic E-state index is 0.0187. The summed E-state index contributed by atoms with van der Waals surface area (Å²) in [5.41, 5.74) is 5.16. The summed E-state index contributed by atoms with van der Waals surface area (Å²) in [5.74, 6) is 5.14. The summed E-state index contributed by atoms with van der Waals surface area (Å²) in [6.07, 6.45) is 1.58. The summed E-state index contributed by atoms with van der Waals surface area (Å²) >= 11 is 0. The van der Waals surface area contributed by atoms with Gasteiger partial charge >= 0.3 is 5.97 Å². The van der Waals surface area contributed by atoms with E-state index in [-0.39, 0.29) is 5.56 Å². The molecule has 2 N–H and O–H groups in total. The number of aryl methyl sites for hydroxylation is 4. The van der Waals surface area contributed by atoms with Gasteiger partial charge in [0.25, 0.3) is 5.56 Å². The Morgan fingerprint density at radius 3 is 2.42 bits per heavy atom. The lowest BCUT2D eigenvalue weighted by Gasteiger charge is -2.18. The van der Waals surface area contributed by atoms with Gasteiger partial charge in [-0.2, -0.15) is 5.90 Å². The maximum absolute atomic E-state index is 12.9. The average Bonchev–Trinajstić information content (AvgIpc) is 2.79. The topological polar surface area (TPSA) is 83.5 Å². The van der Waals surface area contributed by atoms with Gasteiger partial charge in [-0.25, -0.2) is 4.79 Å². The third-order valence-electron chi connectivity index (χ3n) is 5.40. The van der Waals surface area contributed by atoms with E-state index in [1.54, 1.807) is 16.7 Å². The highest BCUT2D eigenvalue weighted by atomic mass is 16.7. The van der Waals surface area contributed by atoms with Gasteiger partial charge in [0.2, 0.25) is 0 Å². The highest BCUT2D eigenvalue weighted by Gasteiger charge is 2.12. The van der Waals surface area contributed by atoms with Gasteiger partial charge in [0.15, 0.2) is 0 Å². The number of carbonyl (C=O) groups is 1. The molecule has 3 rings (SSSR count). The Kier molecular flexibility index (Phi) is 7.26. The molecule has 6 nitrogen and oxygen atoms in total. The predicted octanol–water partition coefficient (Wildman–Crippen LogP) is 3.88. The Morgan fingerprint density at radius 2 is 1.74 bits per heavy atom. The van der Waals surface area contributed by atoms with Crippen LogP contribution >= 0.6 is 0 Å². The van der Waals surface area contributed by atoms with Crippen LogP contribution in [0.4, 0.5) is 0 Å². The van der Waals surface area contributed by atoms with Crippen LogP contribution in [-0.4, -0.2) is 10.5 Å². The number of aromatic nitrogens is 1. The number of carbonyl (C=O) groups excluding carboxylic acids is 1. The van der Waals surface area contributed by atoms with Crippen molar-refractivity contribution in [1.29, 1.82) is 0 Å². The number of hydrogen-bond donors (Lipinski definition) is 1. The zero-order valence-corrected chi connectivity index (χ0v) is 18.2. The van der Waals surface area contributed by atoms with Crippen LogP contribution in [0.3, 0.4) is 0 Å². The normalized spacial score (nSPS) is 10.7. The van der Waals surface area contributed by atoms with E-state index in [1.165, 1.54) is 5.56 Å². The molecule has 0 bridgehead atoms. The molecule has 0 amide bonds. The van der Waals surface area contributed by atoms with E-state index in [1.807, 2.05) is 50.2 Å². The van der Waals surface area contributed by atoms with Crippen LogP contribution in [0, 0.1) is 13.8 Å². The summed E-state index contributed by atoms with van der Waals surface area (Å²) in [4.78, 5) is 28.6. The van der Waals surface area contributed by atoms with Crippen LogP contribution in [-0.2, 0) is 30.8 Å². The highest BCUT2D eigenvalue weighted by molar-refractivity contribution is 5.89. The summed E-state index contributed by atoms with van der Waals surface area (Å²) in [7, 11) is 0. The molecule has 0 unspecified atom stereocenters. The van der Waals surface area contributed by atoms with Gasteiger partial charge in [0.05, 0.1) is 11.3 Å². The zero-order chi connectivity index (χ0) is 22.4. The average molecular weight is 421 g/mol. The summed E-state index contributed by atoms with van der Waals surface area (Å²) in [5, 5.41) is 0. The van der Waals surface area contributed by atoms with Crippen LogP contribution < -0.4 is 16.2 Å². The van der Waals surface area contributed by atoms with Crippen molar-refractivity contribution in [2.45, 2.75) is 46.8 Å². The van der Waals surface area contributed by atoms with Gasteiger partial charge in [0.1, 0.15) is 12.4 Å². The first kappa shape index (κ1) is 22.3. The minimum Gasteiger partial charge on any atom is -0.487 e. The maximum Gasteiger partial charge on any atom is 0.356 e. The van der Waals surface area contributed by atoms with Crippen LogP contribution in [0.5, 0.6) is 5.75 Å². The molecule has 0 aliphatic rings. The van der Waals surface area contributed by atoms with E-state index >= 15 is 0 Å². The number of nitrogens with zero attached hydrogens (tertiary/aromatic N) is 1. The van der Waals surface area contributed by atoms with Gasteiger partial charge in [-0.1, -0.05) is 31.2 Å². The first-order valence-corrected chi connectivity index (χ1v) is 10.3. The molecular weight excluding hydrogens is 392 g/mol. The summed E-state index contributed by atoms with van der Waals surface area (Å²) in [6, 6.07) is 16.9. The molecule has 31 heavy (non-hydrogen) atoms. The second kappa shape index (κ2) is 10.1. The largest absolute Gasteiger partial charge is 0.487 e. The smallest absolute Gasteiger partial charge is 0.356 e. The molecule has 0 atom stereocenters. The third kappa shape index (κ3) is 5.41. The van der Waals surface area contributed by atoms with Crippen molar-refractivity contribution in [2.75, 3.05) is 0 Å². The van der Waals surface area contributed by atoms with Crippen LogP contribution in [0.25, 0.3) is 0 Å². The van der Waals surface area contributed by atoms with Crippen molar-refractivity contribution in [2.24, 2.45) is 5.90 Å². The number of ether oxygens (including phenoxy) is 1. The van der Waals surface area contributed by atoms with E-state index in [0.29, 0.717) is 30.7 Å². The predicted molar refractivity (Wildman–Crippen MR) is 120 cm³/mol. The molecule has 6 heteroatoms. The molecular formula is C25H28N2O4. The molecule has 0 radical (unpaired) electrons. The van der Waals surface area contributed by atoms with Crippen LogP contribution in [0.15, 0.2) is 59.4 Å². The molecule has 3 aromatic rings. The van der Waals surface area contributed by atoms with Gasteiger partial charge < -0.3 is 14.1 Å². The van der Waals surface area contributed by atoms with Gasteiger partial charge in [0, 0.05) is 12.1 Å². The number of pyridine rings is 1. The quantitative estimate of drug-likeness (QED) is 0.559. The molecule has 0 fully saturated rings. The first-order valence-electron chi connectivity index (χ1n) is 10.3. The molecule has 0 saturated heterocycles. The highest BCUT2D eigenvalue weighted by Crippen LogP contribution is 2.17. The Hall–Kier alpha value is -3.38. The second-order valence-electron chi connectivity index (χ2n) is 7.56. The Morgan fingerprint density at radius 1 is 1.00 bits per heavy atom. The number of rotatable bonds is 8. The second-order valence-corrected chi connectivity index (χ2v) is 7.56. The van der Waals surface area contributed by atoms with E-state index in [0.717, 1.165) is 29.0 Å². The van der Waals surface area contributed by atoms with Crippen molar-refractivity contribution in [1.82, 2.24) is 4.57 Å². The maximum atomic E-state index is 12.9. The number of hydrogen-bond acceptors (Lipinski definition) is 5. The fraction of sp³-hybridized carbons (Fsp3) is 0.280. The SMILES string of the molecule is CCc1cccc(OCc2c(C)cc(C)c(=O)n2CCc2ccc(C(=O)ON)cc2)c1. The fourth-order valence-electron chi connectivity index (χ4n) is 3.57. The number of benzene rings is 2. The Balaban J connectivity index is 1.80. The van der Waals surface area contributed by atoms with Crippen molar-refractivity contribution < 1.29 is 14.4 Å². The van der Waals surface area contributed by atoms with Gasteiger partial charge in [-0.15, -0.1) is 0 Å².